The van der Waals surface area contributed by atoms with E-state index in [-0.39, 0.29) is 5.91 Å². The number of nitrogens with zero attached hydrogens (tertiary/aromatic N) is 4. The van der Waals surface area contributed by atoms with Crippen molar-refractivity contribution in [2.75, 3.05) is 13.1 Å². The summed E-state index contributed by atoms with van der Waals surface area (Å²) in [5.41, 5.74) is 1.99. The first-order chi connectivity index (χ1) is 9.16. The lowest BCUT2D eigenvalue weighted by atomic mass is 9.93. The Labute approximate surface area is 112 Å². The highest BCUT2D eigenvalue weighted by Gasteiger charge is 2.26. The molecular formula is C14H18N4O. The molecule has 2 aromatic rings. The maximum absolute atomic E-state index is 11.5. The lowest BCUT2D eigenvalue weighted by Gasteiger charge is -2.31. The van der Waals surface area contributed by atoms with Crippen LogP contribution >= 0.6 is 0 Å². The number of pyridine rings is 1. The van der Waals surface area contributed by atoms with E-state index in [9.17, 15) is 4.79 Å². The van der Waals surface area contributed by atoms with E-state index in [0.29, 0.717) is 5.92 Å². The largest absolute Gasteiger partial charge is 0.342 e. The SMILES string of the molecule is CC(=O)N1CCC[C@H](c2nn(C)c3ncccc23)C1. The normalized spacial score (nSPS) is 19.9. The maximum Gasteiger partial charge on any atom is 0.219 e. The summed E-state index contributed by atoms with van der Waals surface area (Å²) in [5, 5.41) is 5.73. The van der Waals surface area contributed by atoms with E-state index in [2.05, 4.69) is 16.1 Å². The molecule has 0 aliphatic carbocycles. The van der Waals surface area contributed by atoms with Crippen molar-refractivity contribution in [2.45, 2.75) is 25.7 Å². The first-order valence-corrected chi connectivity index (χ1v) is 6.70. The van der Waals surface area contributed by atoms with Crippen molar-refractivity contribution in [3.05, 3.63) is 24.0 Å². The van der Waals surface area contributed by atoms with Crippen LogP contribution in [0, 0.1) is 0 Å². The van der Waals surface area contributed by atoms with Gasteiger partial charge in [0.05, 0.1) is 5.69 Å². The third-order valence-corrected chi connectivity index (χ3v) is 3.88. The van der Waals surface area contributed by atoms with Crippen LogP contribution in [0.25, 0.3) is 11.0 Å². The fraction of sp³-hybridized carbons (Fsp3) is 0.500. The molecule has 0 bridgehead atoms. The fourth-order valence-corrected chi connectivity index (χ4v) is 2.91. The third-order valence-electron chi connectivity index (χ3n) is 3.88. The number of piperidine rings is 1. The highest BCUT2D eigenvalue weighted by molar-refractivity contribution is 5.79. The average molecular weight is 258 g/mol. The molecule has 1 amide bonds. The molecule has 0 unspecified atom stereocenters. The number of hydrogen-bond acceptors (Lipinski definition) is 3. The van der Waals surface area contributed by atoms with Gasteiger partial charge in [0.2, 0.25) is 5.91 Å². The van der Waals surface area contributed by atoms with Crippen LogP contribution in [0.5, 0.6) is 0 Å². The minimum absolute atomic E-state index is 0.156. The van der Waals surface area contributed by atoms with Gasteiger partial charge in [-0.25, -0.2) is 4.98 Å². The summed E-state index contributed by atoms with van der Waals surface area (Å²) in [6, 6.07) is 4.01. The molecular weight excluding hydrogens is 240 g/mol. The summed E-state index contributed by atoms with van der Waals surface area (Å²) in [6.45, 7) is 3.28. The molecule has 1 atom stereocenters. The van der Waals surface area contributed by atoms with Gasteiger partial charge in [-0.05, 0) is 25.0 Å². The second-order valence-electron chi connectivity index (χ2n) is 5.19. The quantitative estimate of drug-likeness (QED) is 0.782. The Morgan fingerprint density at radius 2 is 2.32 bits per heavy atom. The predicted molar refractivity (Wildman–Crippen MR) is 72.7 cm³/mol. The van der Waals surface area contributed by atoms with E-state index >= 15 is 0 Å². The Hall–Kier alpha value is -1.91. The van der Waals surface area contributed by atoms with Crippen LogP contribution in [0.2, 0.25) is 0 Å². The summed E-state index contributed by atoms with van der Waals surface area (Å²) >= 11 is 0. The van der Waals surface area contributed by atoms with Crippen molar-refractivity contribution in [3.8, 4) is 0 Å². The number of fused-ring (bicyclic) bond motifs is 1. The number of likely N-dealkylation sites (tertiary alicyclic amines) is 1. The number of hydrogen-bond donors (Lipinski definition) is 0. The van der Waals surface area contributed by atoms with Crippen LogP contribution in [0.4, 0.5) is 0 Å². The van der Waals surface area contributed by atoms with Crippen molar-refractivity contribution in [3.63, 3.8) is 0 Å². The van der Waals surface area contributed by atoms with E-state index in [1.54, 1.807) is 13.1 Å². The number of carbonyl (C=O) groups is 1. The van der Waals surface area contributed by atoms with Gasteiger partial charge in [0, 0.05) is 44.6 Å². The smallest absolute Gasteiger partial charge is 0.219 e. The second kappa shape index (κ2) is 4.64. The monoisotopic (exact) mass is 258 g/mol. The van der Waals surface area contributed by atoms with E-state index in [1.165, 1.54) is 0 Å². The van der Waals surface area contributed by atoms with Gasteiger partial charge in [0.1, 0.15) is 0 Å². The van der Waals surface area contributed by atoms with Crippen molar-refractivity contribution >= 4 is 16.9 Å². The zero-order chi connectivity index (χ0) is 13.4. The predicted octanol–water partition coefficient (Wildman–Crippen LogP) is 1.69. The Bertz CT molecular complexity index is 619. The van der Waals surface area contributed by atoms with Crippen molar-refractivity contribution in [1.29, 1.82) is 0 Å². The molecule has 1 aliphatic heterocycles. The fourth-order valence-electron chi connectivity index (χ4n) is 2.91. The Morgan fingerprint density at radius 1 is 1.47 bits per heavy atom. The average Bonchev–Trinajstić information content (AvgIpc) is 2.77. The standard InChI is InChI=1S/C14H18N4O/c1-10(19)18-8-4-5-11(9-18)13-12-6-3-7-15-14(12)17(2)16-13/h3,6-7,11H,4-5,8-9H2,1-2H3/t11-/m0/s1. The molecule has 0 radical (unpaired) electrons. The van der Waals surface area contributed by atoms with Gasteiger partial charge in [-0.15, -0.1) is 0 Å². The van der Waals surface area contributed by atoms with Gasteiger partial charge >= 0.3 is 0 Å². The van der Waals surface area contributed by atoms with Crippen LogP contribution in [0.3, 0.4) is 0 Å². The molecule has 19 heavy (non-hydrogen) atoms. The van der Waals surface area contributed by atoms with Gasteiger partial charge in [-0.2, -0.15) is 5.10 Å². The molecule has 5 nitrogen and oxygen atoms in total. The van der Waals surface area contributed by atoms with E-state index < -0.39 is 0 Å². The number of rotatable bonds is 1. The van der Waals surface area contributed by atoms with Crippen LogP contribution in [-0.2, 0) is 11.8 Å². The molecule has 3 heterocycles. The van der Waals surface area contributed by atoms with Gasteiger partial charge < -0.3 is 4.90 Å². The van der Waals surface area contributed by atoms with Gasteiger partial charge in [-0.1, -0.05) is 0 Å². The van der Waals surface area contributed by atoms with Crippen LogP contribution in [0.15, 0.2) is 18.3 Å². The lowest BCUT2D eigenvalue weighted by molar-refractivity contribution is -0.130. The van der Waals surface area contributed by atoms with E-state index in [4.69, 9.17) is 0 Å². The summed E-state index contributed by atoms with van der Waals surface area (Å²) in [7, 11) is 1.92. The highest BCUT2D eigenvalue weighted by atomic mass is 16.2. The molecule has 1 saturated heterocycles. The minimum Gasteiger partial charge on any atom is -0.342 e. The van der Waals surface area contributed by atoms with Crippen molar-refractivity contribution in [2.24, 2.45) is 7.05 Å². The van der Waals surface area contributed by atoms with Gasteiger partial charge in [-0.3, -0.25) is 9.48 Å². The zero-order valence-electron chi connectivity index (χ0n) is 11.3. The molecule has 0 saturated carbocycles. The molecule has 0 spiro atoms. The molecule has 1 fully saturated rings. The van der Waals surface area contributed by atoms with E-state index in [0.717, 1.165) is 42.7 Å². The minimum atomic E-state index is 0.156. The Balaban J connectivity index is 1.98. The summed E-state index contributed by atoms with van der Waals surface area (Å²) in [5.74, 6) is 0.480. The number of aryl methyl sites for hydroxylation is 1. The zero-order valence-corrected chi connectivity index (χ0v) is 11.3. The van der Waals surface area contributed by atoms with Crippen molar-refractivity contribution < 1.29 is 4.79 Å². The number of carbonyl (C=O) groups excluding carboxylic acids is 1. The van der Waals surface area contributed by atoms with E-state index in [1.807, 2.05) is 22.7 Å². The highest BCUT2D eigenvalue weighted by Crippen LogP contribution is 2.30. The molecule has 0 N–H and O–H groups in total. The molecule has 5 heteroatoms. The summed E-state index contributed by atoms with van der Waals surface area (Å²) in [4.78, 5) is 17.8. The molecule has 1 aliphatic rings. The van der Waals surface area contributed by atoms with Crippen LogP contribution < -0.4 is 0 Å². The summed E-state index contributed by atoms with van der Waals surface area (Å²) in [6.07, 6.45) is 3.92. The molecule has 2 aromatic heterocycles. The van der Waals surface area contributed by atoms with Gasteiger partial charge in [0.25, 0.3) is 0 Å². The molecule has 3 rings (SSSR count). The first kappa shape index (κ1) is 12.1. The summed E-state index contributed by atoms with van der Waals surface area (Å²) < 4.78 is 1.83. The molecule has 100 valence electrons. The Morgan fingerprint density at radius 3 is 3.11 bits per heavy atom. The van der Waals surface area contributed by atoms with Gasteiger partial charge in [0.15, 0.2) is 5.65 Å². The second-order valence-corrected chi connectivity index (χ2v) is 5.19. The maximum atomic E-state index is 11.5. The topological polar surface area (TPSA) is 51.0 Å². The first-order valence-electron chi connectivity index (χ1n) is 6.70. The number of amides is 1. The number of aromatic nitrogens is 3. The third kappa shape index (κ3) is 2.09. The Kier molecular flexibility index (Phi) is 2.97. The van der Waals surface area contributed by atoms with Crippen LogP contribution in [0.1, 0.15) is 31.4 Å². The van der Waals surface area contributed by atoms with Crippen molar-refractivity contribution in [1.82, 2.24) is 19.7 Å². The lowest BCUT2D eigenvalue weighted by Crippen LogP contribution is -2.37. The van der Waals surface area contributed by atoms with Crippen LogP contribution in [-0.4, -0.2) is 38.7 Å². The molecule has 0 aromatic carbocycles.